The van der Waals surface area contributed by atoms with E-state index in [1.165, 1.54) is 0 Å². The summed E-state index contributed by atoms with van der Waals surface area (Å²) in [4.78, 5) is 8.69. The Morgan fingerprint density at radius 3 is 2.36 bits per heavy atom. The zero-order valence-electron chi connectivity index (χ0n) is 21.4. The Kier molecular flexibility index (Phi) is 7.89. The molecule has 0 saturated carbocycles. The molecule has 1 saturated heterocycles. The number of rotatable bonds is 9. The topological polar surface area (TPSA) is 121 Å². The van der Waals surface area contributed by atoms with Gasteiger partial charge in [0.2, 0.25) is 0 Å². The van der Waals surface area contributed by atoms with Gasteiger partial charge in [0.05, 0.1) is 19.5 Å². The van der Waals surface area contributed by atoms with Crippen LogP contribution in [-0.2, 0) is 15.6 Å². The number of ether oxygens (including phenoxy) is 2. The molecule has 2 aromatic heterocycles. The highest BCUT2D eigenvalue weighted by Gasteiger charge is 2.34. The summed E-state index contributed by atoms with van der Waals surface area (Å²) >= 11 is 0. The third kappa shape index (κ3) is 5.22. The molecule has 0 aliphatic carbocycles. The van der Waals surface area contributed by atoms with Crippen LogP contribution in [0.25, 0.3) is 5.69 Å². The minimum Gasteiger partial charge on any atom is -0.494 e. The molecule has 3 atom stereocenters. The summed E-state index contributed by atoms with van der Waals surface area (Å²) in [7, 11) is -0.507. The summed E-state index contributed by atoms with van der Waals surface area (Å²) in [5.41, 5.74) is 1.52. The Labute approximate surface area is 212 Å². The highest BCUT2D eigenvalue weighted by atomic mass is 32.2. The first-order valence-corrected chi connectivity index (χ1v) is 13.8. The van der Waals surface area contributed by atoms with Gasteiger partial charge >= 0.3 is 0 Å². The maximum atomic E-state index is 13.6. The minimum absolute atomic E-state index is 0.0784. The summed E-state index contributed by atoms with van der Waals surface area (Å²) in [6.45, 7) is 7.10. The van der Waals surface area contributed by atoms with Crippen LogP contribution < -0.4 is 14.8 Å². The number of hydrogen-bond acceptors (Lipinski definition) is 9. The van der Waals surface area contributed by atoms with E-state index in [2.05, 4.69) is 25.5 Å². The first kappa shape index (κ1) is 26.0. The minimum atomic E-state index is -3.66. The molecule has 1 aliphatic heterocycles. The second kappa shape index (κ2) is 10.9. The molecule has 0 amide bonds. The van der Waals surface area contributed by atoms with E-state index in [0.29, 0.717) is 34.7 Å². The number of para-hydroxylation sites is 1. The van der Waals surface area contributed by atoms with Gasteiger partial charge in [0, 0.05) is 30.8 Å². The predicted molar refractivity (Wildman–Crippen MR) is 137 cm³/mol. The van der Waals surface area contributed by atoms with Crippen molar-refractivity contribution in [2.45, 2.75) is 56.5 Å². The highest BCUT2D eigenvalue weighted by molar-refractivity contribution is 7.91. The van der Waals surface area contributed by atoms with Crippen LogP contribution in [0.5, 0.6) is 11.5 Å². The van der Waals surface area contributed by atoms with Crippen molar-refractivity contribution in [1.29, 1.82) is 0 Å². The van der Waals surface area contributed by atoms with Crippen LogP contribution in [-0.4, -0.2) is 65.7 Å². The van der Waals surface area contributed by atoms with Gasteiger partial charge in [-0.3, -0.25) is 4.57 Å². The van der Waals surface area contributed by atoms with E-state index < -0.39 is 21.0 Å². The average molecular weight is 515 g/mol. The number of piperidine rings is 1. The Morgan fingerprint density at radius 2 is 1.78 bits per heavy atom. The molecule has 1 N–H and O–H groups in total. The van der Waals surface area contributed by atoms with Crippen LogP contribution in [0.3, 0.4) is 0 Å². The molecule has 36 heavy (non-hydrogen) atoms. The van der Waals surface area contributed by atoms with Crippen molar-refractivity contribution in [2.75, 3.05) is 27.3 Å². The number of aromatic nitrogens is 5. The highest BCUT2D eigenvalue weighted by Crippen LogP contribution is 2.37. The van der Waals surface area contributed by atoms with Crippen molar-refractivity contribution in [3.8, 4) is 17.2 Å². The second-order valence-corrected chi connectivity index (χ2v) is 11.6. The van der Waals surface area contributed by atoms with Gasteiger partial charge in [0.15, 0.2) is 15.7 Å². The molecule has 0 spiro atoms. The number of methoxy groups -OCH3 is 2. The van der Waals surface area contributed by atoms with E-state index in [0.717, 1.165) is 31.5 Å². The first-order valence-electron chi connectivity index (χ1n) is 12.1. The van der Waals surface area contributed by atoms with Crippen molar-refractivity contribution in [3.63, 3.8) is 0 Å². The van der Waals surface area contributed by atoms with Crippen molar-refractivity contribution in [3.05, 3.63) is 53.6 Å². The normalized spacial score (nSPS) is 18.0. The summed E-state index contributed by atoms with van der Waals surface area (Å²) in [5, 5.41) is 11.6. The Hall–Kier alpha value is -3.05. The lowest BCUT2D eigenvalue weighted by molar-refractivity contribution is 0.387. The molecule has 10 nitrogen and oxygen atoms in total. The van der Waals surface area contributed by atoms with E-state index in [-0.39, 0.29) is 11.7 Å². The summed E-state index contributed by atoms with van der Waals surface area (Å²) < 4.78 is 40.4. The maximum Gasteiger partial charge on any atom is 0.160 e. The van der Waals surface area contributed by atoms with E-state index in [1.807, 2.05) is 36.6 Å². The van der Waals surface area contributed by atoms with Crippen LogP contribution in [0, 0.1) is 6.92 Å². The van der Waals surface area contributed by atoms with Crippen LogP contribution in [0.4, 0.5) is 0 Å². The van der Waals surface area contributed by atoms with Gasteiger partial charge in [-0.25, -0.2) is 18.4 Å². The summed E-state index contributed by atoms with van der Waals surface area (Å²) in [6.07, 6.45) is 5.33. The van der Waals surface area contributed by atoms with Gasteiger partial charge in [-0.15, -0.1) is 10.2 Å². The number of nitrogens with zero attached hydrogens (tertiary/aromatic N) is 5. The number of nitrogens with one attached hydrogen (secondary N) is 1. The molecular weight excluding hydrogens is 480 g/mol. The fraction of sp³-hybridized carbons (Fsp3) is 0.520. The van der Waals surface area contributed by atoms with Gasteiger partial charge in [0.25, 0.3) is 0 Å². The fourth-order valence-corrected chi connectivity index (χ4v) is 6.08. The Bertz CT molecular complexity index is 1260. The van der Waals surface area contributed by atoms with Crippen molar-refractivity contribution < 1.29 is 17.9 Å². The average Bonchev–Trinajstić information content (AvgIpc) is 3.30. The molecule has 3 heterocycles. The predicted octanol–water partition coefficient (Wildman–Crippen LogP) is 2.96. The fourth-order valence-electron chi connectivity index (χ4n) is 4.53. The number of benzene rings is 1. The van der Waals surface area contributed by atoms with Gasteiger partial charge in [-0.1, -0.05) is 13.0 Å². The van der Waals surface area contributed by atoms with Gasteiger partial charge < -0.3 is 14.8 Å². The SMILES string of the molecule is COc1cccc(OC)c1-n1c(CS(=O)(=O)[C@@H](C)[C@H](C)c2ncc(C)cn2)nnc1[C@@H]1CCCNC1. The number of hydrogen-bond donors (Lipinski definition) is 1. The monoisotopic (exact) mass is 514 g/mol. The molecule has 0 bridgehead atoms. The molecule has 11 heteroatoms. The largest absolute Gasteiger partial charge is 0.494 e. The van der Waals surface area contributed by atoms with E-state index in [1.54, 1.807) is 33.5 Å². The third-order valence-electron chi connectivity index (χ3n) is 6.85. The van der Waals surface area contributed by atoms with Gasteiger partial charge in [-0.05, 0) is 50.9 Å². The van der Waals surface area contributed by atoms with Crippen molar-refractivity contribution in [2.24, 2.45) is 0 Å². The lowest BCUT2D eigenvalue weighted by Crippen LogP contribution is -2.30. The Balaban J connectivity index is 1.77. The lowest BCUT2D eigenvalue weighted by atomic mass is 9.98. The first-order chi connectivity index (χ1) is 17.3. The summed E-state index contributed by atoms with van der Waals surface area (Å²) in [6, 6.07) is 5.46. The zero-order valence-corrected chi connectivity index (χ0v) is 22.2. The molecule has 4 rings (SSSR count). The van der Waals surface area contributed by atoms with Crippen LogP contribution >= 0.6 is 0 Å². The Morgan fingerprint density at radius 1 is 1.11 bits per heavy atom. The number of sulfone groups is 1. The van der Waals surface area contributed by atoms with E-state index in [9.17, 15) is 8.42 Å². The van der Waals surface area contributed by atoms with Crippen molar-refractivity contribution in [1.82, 2.24) is 30.0 Å². The third-order valence-corrected chi connectivity index (χ3v) is 9.05. The van der Waals surface area contributed by atoms with Crippen molar-refractivity contribution >= 4 is 9.84 Å². The smallest absolute Gasteiger partial charge is 0.160 e. The second-order valence-electron chi connectivity index (χ2n) is 9.28. The summed E-state index contributed by atoms with van der Waals surface area (Å²) in [5.74, 6) is 2.00. The molecule has 1 fully saturated rings. The lowest BCUT2D eigenvalue weighted by Gasteiger charge is -2.25. The quantitative estimate of drug-likeness (QED) is 0.459. The number of aryl methyl sites for hydroxylation is 1. The van der Waals surface area contributed by atoms with Crippen LogP contribution in [0.1, 0.15) is 61.6 Å². The van der Waals surface area contributed by atoms with Gasteiger partial charge in [-0.2, -0.15) is 0 Å². The van der Waals surface area contributed by atoms with E-state index in [4.69, 9.17) is 9.47 Å². The molecule has 0 radical (unpaired) electrons. The van der Waals surface area contributed by atoms with Crippen LogP contribution in [0.15, 0.2) is 30.6 Å². The molecular formula is C25H34N6O4S. The van der Waals surface area contributed by atoms with Crippen LogP contribution in [0.2, 0.25) is 0 Å². The maximum absolute atomic E-state index is 13.6. The molecule has 1 aromatic carbocycles. The molecule has 194 valence electrons. The zero-order chi connectivity index (χ0) is 25.9. The molecule has 1 aliphatic rings. The van der Waals surface area contributed by atoms with E-state index >= 15 is 0 Å². The molecule has 0 unspecified atom stereocenters. The standard InChI is InChI=1S/C25H34N6O4S/c1-16-12-27-24(28-13-16)17(2)18(3)36(32,33)15-22-29-30-25(19-8-7-11-26-14-19)31(22)23-20(34-4)9-6-10-21(23)35-5/h6,9-10,12-13,17-19,26H,7-8,11,14-15H2,1-5H3/t17-,18-,19+/m0/s1. The van der Waals surface area contributed by atoms with Gasteiger partial charge in [0.1, 0.15) is 34.6 Å². The molecule has 3 aromatic rings.